The van der Waals surface area contributed by atoms with Crippen LogP contribution in [-0.4, -0.2) is 23.0 Å². The Labute approximate surface area is 122 Å². The quantitative estimate of drug-likeness (QED) is 0.885. The van der Waals surface area contributed by atoms with E-state index in [1.165, 1.54) is 0 Å². The largest absolute Gasteiger partial charge is 0.480 e. The molecule has 4 heteroatoms. The minimum absolute atomic E-state index is 0.0963. The summed E-state index contributed by atoms with van der Waals surface area (Å²) in [7, 11) is 0. The van der Waals surface area contributed by atoms with Gasteiger partial charge >= 0.3 is 5.97 Å². The molecule has 0 heterocycles. The Morgan fingerprint density at radius 2 is 1.86 bits per heavy atom. The summed E-state index contributed by atoms with van der Waals surface area (Å²) in [6.07, 6.45) is 1.97. The average molecular weight is 283 g/mol. The molecule has 1 aliphatic carbocycles. The number of fused-ring (bicyclic) bond motifs is 1. The average Bonchev–Trinajstić information content (AvgIpc) is 3.29. The minimum atomic E-state index is -0.941. The first-order valence-electron chi connectivity index (χ1n) is 7.14. The molecular formula is C17H17NO3. The highest BCUT2D eigenvalue weighted by molar-refractivity contribution is 5.91. The maximum atomic E-state index is 12.1. The molecule has 4 nitrogen and oxygen atoms in total. The predicted octanol–water partition coefficient (Wildman–Crippen LogP) is 2.36. The van der Waals surface area contributed by atoms with E-state index in [1.54, 1.807) is 0 Å². The van der Waals surface area contributed by atoms with Gasteiger partial charge in [-0.25, -0.2) is 4.79 Å². The summed E-state index contributed by atoms with van der Waals surface area (Å²) in [4.78, 5) is 23.3. The monoisotopic (exact) mass is 283 g/mol. The Hall–Kier alpha value is -2.36. The molecule has 0 radical (unpaired) electrons. The van der Waals surface area contributed by atoms with Gasteiger partial charge in [0.1, 0.15) is 6.04 Å². The normalized spacial score (nSPS) is 15.6. The van der Waals surface area contributed by atoms with Crippen LogP contribution in [0.3, 0.4) is 0 Å². The number of hydrogen-bond donors (Lipinski definition) is 2. The van der Waals surface area contributed by atoms with E-state index in [4.69, 9.17) is 5.11 Å². The topological polar surface area (TPSA) is 66.4 Å². The second-order valence-corrected chi connectivity index (χ2v) is 5.54. The maximum Gasteiger partial charge on any atom is 0.326 e. The summed E-state index contributed by atoms with van der Waals surface area (Å²) in [5.74, 6) is -1.08. The summed E-state index contributed by atoms with van der Waals surface area (Å²) in [6, 6.07) is 13.0. The summed E-state index contributed by atoms with van der Waals surface area (Å²) < 4.78 is 0. The number of carboxylic acid groups (broad SMARTS) is 1. The molecule has 1 aliphatic rings. The molecule has 1 saturated carbocycles. The zero-order valence-electron chi connectivity index (χ0n) is 11.6. The van der Waals surface area contributed by atoms with Crippen LogP contribution in [0.5, 0.6) is 0 Å². The molecule has 108 valence electrons. The van der Waals surface area contributed by atoms with Gasteiger partial charge in [-0.15, -0.1) is 0 Å². The summed E-state index contributed by atoms with van der Waals surface area (Å²) in [5, 5.41) is 13.9. The summed E-state index contributed by atoms with van der Waals surface area (Å²) >= 11 is 0. The number of benzene rings is 2. The lowest BCUT2D eigenvalue weighted by Gasteiger charge is -2.14. The molecular weight excluding hydrogens is 266 g/mol. The molecule has 1 amide bonds. The smallest absolute Gasteiger partial charge is 0.326 e. The van der Waals surface area contributed by atoms with Gasteiger partial charge in [0.05, 0.1) is 6.42 Å². The maximum absolute atomic E-state index is 12.1. The van der Waals surface area contributed by atoms with Gasteiger partial charge in [0.15, 0.2) is 0 Å². The van der Waals surface area contributed by atoms with E-state index in [2.05, 4.69) is 5.32 Å². The van der Waals surface area contributed by atoms with E-state index in [1.807, 2.05) is 42.5 Å². The summed E-state index contributed by atoms with van der Waals surface area (Å²) in [6.45, 7) is 0. The third-order valence-electron chi connectivity index (χ3n) is 3.91. The van der Waals surface area contributed by atoms with Gasteiger partial charge in [0, 0.05) is 0 Å². The van der Waals surface area contributed by atoms with Gasteiger partial charge in [-0.2, -0.15) is 0 Å². The first-order valence-corrected chi connectivity index (χ1v) is 7.14. The van der Waals surface area contributed by atoms with Crippen molar-refractivity contribution in [2.24, 2.45) is 5.92 Å². The molecule has 2 aromatic carbocycles. The Morgan fingerprint density at radius 3 is 2.57 bits per heavy atom. The number of aliphatic carboxylic acids is 1. The van der Waals surface area contributed by atoms with Crippen LogP contribution in [-0.2, 0) is 16.0 Å². The first kappa shape index (κ1) is 13.6. The van der Waals surface area contributed by atoms with Crippen LogP contribution < -0.4 is 5.32 Å². The van der Waals surface area contributed by atoms with Crippen molar-refractivity contribution < 1.29 is 14.7 Å². The van der Waals surface area contributed by atoms with Crippen molar-refractivity contribution in [3.05, 3.63) is 48.0 Å². The molecule has 2 N–H and O–H groups in total. The standard InChI is InChI=1S/C17H17NO3/c19-15(18-16(17(20)21)12-8-9-12)10-13-6-3-5-11-4-1-2-7-14(11)13/h1-7,12,16H,8-10H2,(H,18,19)(H,20,21)/t16-/m1/s1. The van der Waals surface area contributed by atoms with Crippen LogP contribution in [0.1, 0.15) is 18.4 Å². The Kier molecular flexibility index (Phi) is 3.60. The highest BCUT2D eigenvalue weighted by Gasteiger charge is 2.37. The van der Waals surface area contributed by atoms with Crippen LogP contribution in [0.15, 0.2) is 42.5 Å². The molecule has 0 bridgehead atoms. The highest BCUT2D eigenvalue weighted by Crippen LogP contribution is 2.32. The molecule has 0 saturated heterocycles. The molecule has 3 rings (SSSR count). The lowest BCUT2D eigenvalue weighted by molar-refractivity contribution is -0.142. The molecule has 0 spiro atoms. The zero-order valence-corrected chi connectivity index (χ0v) is 11.6. The van der Waals surface area contributed by atoms with E-state index in [9.17, 15) is 9.59 Å². The molecule has 2 aromatic rings. The van der Waals surface area contributed by atoms with Gasteiger partial charge in [-0.05, 0) is 35.1 Å². The fraction of sp³-hybridized carbons (Fsp3) is 0.294. The first-order chi connectivity index (χ1) is 10.1. The van der Waals surface area contributed by atoms with Gasteiger partial charge in [-0.3, -0.25) is 4.79 Å². The van der Waals surface area contributed by atoms with Crippen molar-refractivity contribution in [1.82, 2.24) is 5.32 Å². The van der Waals surface area contributed by atoms with Crippen molar-refractivity contribution in [3.8, 4) is 0 Å². The predicted molar refractivity (Wildman–Crippen MR) is 79.9 cm³/mol. The molecule has 21 heavy (non-hydrogen) atoms. The lowest BCUT2D eigenvalue weighted by Crippen LogP contribution is -2.43. The molecule has 0 aliphatic heterocycles. The van der Waals surface area contributed by atoms with E-state index in [0.717, 1.165) is 29.2 Å². The van der Waals surface area contributed by atoms with Crippen molar-refractivity contribution >= 4 is 22.6 Å². The lowest BCUT2D eigenvalue weighted by atomic mass is 10.0. The Bertz CT molecular complexity index is 686. The van der Waals surface area contributed by atoms with Crippen molar-refractivity contribution in [1.29, 1.82) is 0 Å². The molecule has 0 aromatic heterocycles. The van der Waals surface area contributed by atoms with Gasteiger partial charge in [0.25, 0.3) is 0 Å². The third kappa shape index (κ3) is 3.05. The van der Waals surface area contributed by atoms with Crippen molar-refractivity contribution in [2.45, 2.75) is 25.3 Å². The number of rotatable bonds is 5. The molecule has 1 atom stereocenters. The third-order valence-corrected chi connectivity index (χ3v) is 3.91. The minimum Gasteiger partial charge on any atom is -0.480 e. The number of carbonyl (C=O) groups excluding carboxylic acids is 1. The van der Waals surface area contributed by atoms with Gasteiger partial charge in [0.2, 0.25) is 5.91 Å². The highest BCUT2D eigenvalue weighted by atomic mass is 16.4. The number of carboxylic acids is 1. The van der Waals surface area contributed by atoms with Gasteiger partial charge < -0.3 is 10.4 Å². The molecule has 1 fully saturated rings. The number of hydrogen-bond acceptors (Lipinski definition) is 2. The van der Waals surface area contributed by atoms with E-state index in [0.29, 0.717) is 0 Å². The Morgan fingerprint density at radius 1 is 1.14 bits per heavy atom. The second kappa shape index (κ2) is 5.56. The number of carbonyl (C=O) groups is 2. The molecule has 0 unspecified atom stereocenters. The number of amides is 1. The van der Waals surface area contributed by atoms with Crippen LogP contribution in [0.2, 0.25) is 0 Å². The number of nitrogens with one attached hydrogen (secondary N) is 1. The fourth-order valence-electron chi connectivity index (χ4n) is 2.65. The SMILES string of the molecule is O=C(Cc1cccc2ccccc12)N[C@@H](C(=O)O)C1CC1. The van der Waals surface area contributed by atoms with Crippen LogP contribution >= 0.6 is 0 Å². The second-order valence-electron chi connectivity index (χ2n) is 5.54. The van der Waals surface area contributed by atoms with E-state index in [-0.39, 0.29) is 18.2 Å². The van der Waals surface area contributed by atoms with E-state index < -0.39 is 12.0 Å². The van der Waals surface area contributed by atoms with E-state index >= 15 is 0 Å². The van der Waals surface area contributed by atoms with Crippen LogP contribution in [0.25, 0.3) is 10.8 Å². The van der Waals surface area contributed by atoms with Gasteiger partial charge in [-0.1, -0.05) is 42.5 Å². The van der Waals surface area contributed by atoms with Crippen molar-refractivity contribution in [3.63, 3.8) is 0 Å². The van der Waals surface area contributed by atoms with Crippen molar-refractivity contribution in [2.75, 3.05) is 0 Å². The Balaban J connectivity index is 1.75. The zero-order chi connectivity index (χ0) is 14.8. The fourth-order valence-corrected chi connectivity index (χ4v) is 2.65. The van der Waals surface area contributed by atoms with Crippen LogP contribution in [0.4, 0.5) is 0 Å². The van der Waals surface area contributed by atoms with Crippen LogP contribution in [0, 0.1) is 5.92 Å². The summed E-state index contributed by atoms with van der Waals surface area (Å²) in [5.41, 5.74) is 0.922.